The summed E-state index contributed by atoms with van der Waals surface area (Å²) in [4.78, 5) is 63.7. The first-order valence-electron chi connectivity index (χ1n) is 13.9. The fourth-order valence-corrected chi connectivity index (χ4v) is 6.41. The Kier molecular flexibility index (Phi) is 8.37. The van der Waals surface area contributed by atoms with E-state index in [-0.39, 0.29) is 41.9 Å². The normalized spacial score (nSPS) is 25.3. The average Bonchev–Trinajstić information content (AvgIpc) is 3.49. The average molecular weight is 528 g/mol. The standard InChI is InChI=1S/C28H41N5O5/c1-5-38-25(36)21-19-11-9-10-18(19)17-33(21)24(35)22(27(2,3)4)31-26(37)28(12-7-6-8-13-28)32-23(34)20-16-29-14-15-30-20/h14-16,18-19,21-22H,5-13,17H2,1-4H3,(H,31,37)(H,32,34)/t18-,19-,21?,22+/m0/s1. The molecular weight excluding hydrogens is 486 g/mol. The second kappa shape index (κ2) is 11.4. The van der Waals surface area contributed by atoms with Crippen LogP contribution in [-0.2, 0) is 19.1 Å². The van der Waals surface area contributed by atoms with E-state index in [1.54, 1.807) is 11.8 Å². The van der Waals surface area contributed by atoms with Gasteiger partial charge in [0.2, 0.25) is 11.8 Å². The lowest BCUT2D eigenvalue weighted by molar-refractivity contribution is -0.156. The number of hydrogen-bond acceptors (Lipinski definition) is 7. The SMILES string of the molecule is CCOC(=O)C1[C@H]2CCC[C@H]2CN1C(=O)[C@@H](NC(=O)C1(NC(=O)c2cnccn2)CCCCC1)C(C)(C)C. The highest BCUT2D eigenvalue weighted by atomic mass is 16.5. The van der Waals surface area contributed by atoms with Gasteiger partial charge < -0.3 is 20.3 Å². The first kappa shape index (κ1) is 28.0. The second-order valence-electron chi connectivity index (χ2n) is 12.0. The zero-order valence-electron chi connectivity index (χ0n) is 23.0. The Bertz CT molecular complexity index is 1030. The van der Waals surface area contributed by atoms with Crippen molar-refractivity contribution in [2.45, 2.75) is 96.7 Å². The predicted molar refractivity (Wildman–Crippen MR) is 140 cm³/mol. The summed E-state index contributed by atoms with van der Waals surface area (Å²) in [6, 6.07) is -1.50. The van der Waals surface area contributed by atoms with Crippen LogP contribution in [0.3, 0.4) is 0 Å². The van der Waals surface area contributed by atoms with Crippen LogP contribution in [0.1, 0.15) is 89.5 Å². The molecule has 4 atom stereocenters. The lowest BCUT2D eigenvalue weighted by Gasteiger charge is -2.41. The maximum absolute atomic E-state index is 14.1. The van der Waals surface area contributed by atoms with E-state index >= 15 is 0 Å². The molecule has 2 N–H and O–H groups in total. The Morgan fingerprint density at radius 2 is 1.84 bits per heavy atom. The molecule has 1 saturated heterocycles. The van der Waals surface area contributed by atoms with E-state index in [1.807, 2.05) is 20.8 Å². The van der Waals surface area contributed by atoms with Crippen molar-refractivity contribution < 1.29 is 23.9 Å². The summed E-state index contributed by atoms with van der Waals surface area (Å²) < 4.78 is 5.38. The van der Waals surface area contributed by atoms with E-state index in [1.165, 1.54) is 18.6 Å². The zero-order valence-corrected chi connectivity index (χ0v) is 23.0. The molecule has 3 aliphatic rings. The van der Waals surface area contributed by atoms with Gasteiger partial charge >= 0.3 is 5.97 Å². The van der Waals surface area contributed by atoms with Gasteiger partial charge in [-0.15, -0.1) is 0 Å². The number of likely N-dealkylation sites (tertiary alicyclic amines) is 1. The molecule has 3 fully saturated rings. The smallest absolute Gasteiger partial charge is 0.329 e. The van der Waals surface area contributed by atoms with Gasteiger partial charge in [0.15, 0.2) is 0 Å². The van der Waals surface area contributed by atoms with Crippen molar-refractivity contribution in [1.29, 1.82) is 0 Å². The number of fused-ring (bicyclic) bond motifs is 1. The molecule has 208 valence electrons. The quantitative estimate of drug-likeness (QED) is 0.521. The van der Waals surface area contributed by atoms with Gasteiger partial charge in [0.25, 0.3) is 5.91 Å². The largest absolute Gasteiger partial charge is 0.464 e. The zero-order chi connectivity index (χ0) is 27.5. The van der Waals surface area contributed by atoms with E-state index in [2.05, 4.69) is 20.6 Å². The van der Waals surface area contributed by atoms with E-state index in [4.69, 9.17) is 4.74 Å². The molecule has 1 unspecified atom stereocenters. The van der Waals surface area contributed by atoms with Gasteiger partial charge in [0.05, 0.1) is 12.8 Å². The Labute approximate surface area is 224 Å². The first-order chi connectivity index (χ1) is 18.1. The summed E-state index contributed by atoms with van der Waals surface area (Å²) in [7, 11) is 0. The van der Waals surface area contributed by atoms with Gasteiger partial charge in [0.1, 0.15) is 23.3 Å². The van der Waals surface area contributed by atoms with Crippen LogP contribution in [0.25, 0.3) is 0 Å². The third-order valence-corrected chi connectivity index (χ3v) is 8.38. The van der Waals surface area contributed by atoms with Crippen LogP contribution in [0.5, 0.6) is 0 Å². The topological polar surface area (TPSA) is 131 Å². The third-order valence-electron chi connectivity index (χ3n) is 8.38. The third kappa shape index (κ3) is 5.68. The maximum Gasteiger partial charge on any atom is 0.329 e. The Balaban J connectivity index is 1.58. The van der Waals surface area contributed by atoms with Crippen LogP contribution in [-0.4, -0.2) is 69.3 Å². The molecule has 1 aliphatic heterocycles. The highest BCUT2D eigenvalue weighted by Crippen LogP contribution is 2.43. The van der Waals surface area contributed by atoms with Crippen molar-refractivity contribution in [2.75, 3.05) is 13.2 Å². The van der Waals surface area contributed by atoms with Crippen molar-refractivity contribution in [3.05, 3.63) is 24.3 Å². The van der Waals surface area contributed by atoms with Crippen molar-refractivity contribution in [3.8, 4) is 0 Å². The summed E-state index contributed by atoms with van der Waals surface area (Å²) in [5.74, 6) is -1.14. The summed E-state index contributed by atoms with van der Waals surface area (Å²) >= 11 is 0. The lowest BCUT2D eigenvalue weighted by atomic mass is 9.79. The number of nitrogens with zero attached hydrogens (tertiary/aromatic N) is 3. The number of esters is 1. The number of rotatable bonds is 7. The van der Waals surface area contributed by atoms with E-state index in [9.17, 15) is 19.2 Å². The second-order valence-corrected chi connectivity index (χ2v) is 12.0. The molecule has 38 heavy (non-hydrogen) atoms. The molecule has 2 heterocycles. The van der Waals surface area contributed by atoms with Gasteiger partial charge in [-0.05, 0) is 49.9 Å². The molecule has 1 aromatic rings. The van der Waals surface area contributed by atoms with Gasteiger partial charge in [-0.3, -0.25) is 19.4 Å². The van der Waals surface area contributed by atoms with Crippen molar-refractivity contribution in [2.24, 2.45) is 17.3 Å². The molecular formula is C28H41N5O5. The molecule has 0 aromatic carbocycles. The van der Waals surface area contributed by atoms with Gasteiger partial charge in [-0.25, -0.2) is 9.78 Å². The molecule has 3 amide bonds. The van der Waals surface area contributed by atoms with Crippen molar-refractivity contribution >= 4 is 23.7 Å². The molecule has 0 bridgehead atoms. The summed E-state index contributed by atoms with van der Waals surface area (Å²) in [5, 5.41) is 5.96. The molecule has 4 rings (SSSR count). The highest BCUT2D eigenvalue weighted by molar-refractivity contribution is 5.99. The number of hydrogen-bond donors (Lipinski definition) is 2. The fourth-order valence-electron chi connectivity index (χ4n) is 6.41. The maximum atomic E-state index is 14.1. The summed E-state index contributed by atoms with van der Waals surface area (Å²) in [6.07, 6.45) is 10.7. The monoisotopic (exact) mass is 527 g/mol. The van der Waals surface area contributed by atoms with E-state index < -0.39 is 28.9 Å². The van der Waals surface area contributed by atoms with Gasteiger partial charge in [0, 0.05) is 18.9 Å². The lowest BCUT2D eigenvalue weighted by Crippen LogP contribution is -2.65. The minimum Gasteiger partial charge on any atom is -0.464 e. The molecule has 2 saturated carbocycles. The number of ether oxygens (including phenoxy) is 1. The van der Waals surface area contributed by atoms with Gasteiger partial charge in [-0.1, -0.05) is 46.5 Å². The molecule has 1 aromatic heterocycles. The van der Waals surface area contributed by atoms with E-state index in [0.29, 0.717) is 19.4 Å². The molecule has 0 spiro atoms. The number of amides is 3. The Hall–Kier alpha value is -3.04. The van der Waals surface area contributed by atoms with Crippen molar-refractivity contribution in [3.63, 3.8) is 0 Å². The van der Waals surface area contributed by atoms with Crippen LogP contribution in [0, 0.1) is 17.3 Å². The highest BCUT2D eigenvalue weighted by Gasteiger charge is 2.53. The van der Waals surface area contributed by atoms with E-state index in [0.717, 1.165) is 38.5 Å². The van der Waals surface area contributed by atoms with Gasteiger partial charge in [-0.2, -0.15) is 0 Å². The predicted octanol–water partition coefficient (Wildman–Crippen LogP) is 2.63. The van der Waals surface area contributed by atoms with Crippen LogP contribution >= 0.6 is 0 Å². The summed E-state index contributed by atoms with van der Waals surface area (Å²) in [6.45, 7) is 8.21. The Morgan fingerprint density at radius 3 is 2.47 bits per heavy atom. The molecule has 10 heteroatoms. The van der Waals surface area contributed by atoms with Crippen LogP contribution in [0.2, 0.25) is 0 Å². The molecule has 10 nitrogen and oxygen atoms in total. The van der Waals surface area contributed by atoms with Crippen LogP contribution < -0.4 is 10.6 Å². The summed E-state index contributed by atoms with van der Waals surface area (Å²) in [5.41, 5.74) is -1.65. The van der Waals surface area contributed by atoms with Crippen LogP contribution in [0.4, 0.5) is 0 Å². The molecule has 0 radical (unpaired) electrons. The minimum atomic E-state index is -1.15. The minimum absolute atomic E-state index is 0.0882. The number of aromatic nitrogens is 2. The number of nitrogens with one attached hydrogen (secondary N) is 2. The number of carbonyl (C=O) groups excluding carboxylic acids is 4. The molecule has 2 aliphatic carbocycles. The fraction of sp³-hybridized carbons (Fsp3) is 0.714. The number of carbonyl (C=O) groups is 4. The first-order valence-corrected chi connectivity index (χ1v) is 13.9. The Morgan fingerprint density at radius 1 is 1.11 bits per heavy atom. The van der Waals surface area contributed by atoms with Crippen LogP contribution in [0.15, 0.2) is 18.6 Å². The van der Waals surface area contributed by atoms with Crippen molar-refractivity contribution in [1.82, 2.24) is 25.5 Å².